The van der Waals surface area contributed by atoms with E-state index in [4.69, 9.17) is 11.6 Å². The summed E-state index contributed by atoms with van der Waals surface area (Å²) in [5.74, 6) is -0.350. The van der Waals surface area contributed by atoms with E-state index >= 15 is 0 Å². The molecule has 0 aliphatic rings. The zero-order valence-corrected chi connectivity index (χ0v) is 15.2. The van der Waals surface area contributed by atoms with Crippen LogP contribution < -0.4 is 9.62 Å². The summed E-state index contributed by atoms with van der Waals surface area (Å²) in [5, 5.41) is 3.29. The molecular formula is C15H23ClN2O3S. The van der Waals surface area contributed by atoms with E-state index in [-0.39, 0.29) is 18.0 Å². The summed E-state index contributed by atoms with van der Waals surface area (Å²) in [4.78, 5) is 12.2. The molecule has 1 aromatic carbocycles. The molecule has 1 rings (SSSR count). The number of nitrogens with zero attached hydrogens (tertiary/aromatic N) is 1. The summed E-state index contributed by atoms with van der Waals surface area (Å²) < 4.78 is 25.2. The number of benzene rings is 1. The van der Waals surface area contributed by atoms with Crippen LogP contribution >= 0.6 is 11.6 Å². The Morgan fingerprint density at radius 3 is 2.45 bits per heavy atom. The van der Waals surface area contributed by atoms with Crippen LogP contribution in [-0.2, 0) is 14.8 Å². The maximum atomic E-state index is 12.2. The van der Waals surface area contributed by atoms with Crippen molar-refractivity contribution in [2.24, 2.45) is 0 Å². The molecule has 0 aliphatic carbocycles. The molecular weight excluding hydrogens is 324 g/mol. The maximum absolute atomic E-state index is 12.2. The van der Waals surface area contributed by atoms with Gasteiger partial charge in [0.15, 0.2) is 0 Å². The standard InChI is InChI=1S/C15H23ClN2O3S/c1-6-15(3,4)17-14(19)10-18(22(5,20)21)13-9-7-8-12(16)11(13)2/h7-9H,6,10H2,1-5H3,(H,17,19). The highest BCUT2D eigenvalue weighted by atomic mass is 35.5. The van der Waals surface area contributed by atoms with Gasteiger partial charge in [-0.3, -0.25) is 9.10 Å². The fourth-order valence-corrected chi connectivity index (χ4v) is 2.96. The number of hydrogen-bond acceptors (Lipinski definition) is 3. The van der Waals surface area contributed by atoms with Gasteiger partial charge in [-0.2, -0.15) is 0 Å². The highest BCUT2D eigenvalue weighted by Crippen LogP contribution is 2.28. The molecule has 0 atom stereocenters. The first-order valence-electron chi connectivity index (χ1n) is 7.02. The Morgan fingerprint density at radius 2 is 1.95 bits per heavy atom. The molecule has 0 unspecified atom stereocenters. The predicted octanol–water partition coefficient (Wildman–Crippen LogP) is 2.72. The maximum Gasteiger partial charge on any atom is 0.241 e. The first-order chi connectivity index (χ1) is 9.98. The van der Waals surface area contributed by atoms with Crippen molar-refractivity contribution in [3.63, 3.8) is 0 Å². The molecule has 0 saturated heterocycles. The lowest BCUT2D eigenvalue weighted by Gasteiger charge is -2.28. The van der Waals surface area contributed by atoms with Crippen LogP contribution in [0.1, 0.15) is 32.8 Å². The summed E-state index contributed by atoms with van der Waals surface area (Å²) in [6.07, 6.45) is 1.82. The predicted molar refractivity (Wildman–Crippen MR) is 90.9 cm³/mol. The van der Waals surface area contributed by atoms with Crippen LogP contribution in [0.25, 0.3) is 0 Å². The van der Waals surface area contributed by atoms with Crippen molar-refractivity contribution in [2.75, 3.05) is 17.1 Å². The van der Waals surface area contributed by atoms with Gasteiger partial charge in [-0.05, 0) is 44.9 Å². The minimum absolute atomic E-state index is 0.274. The number of carbonyl (C=O) groups excluding carboxylic acids is 1. The molecule has 1 N–H and O–H groups in total. The van der Waals surface area contributed by atoms with E-state index < -0.39 is 10.0 Å². The smallest absolute Gasteiger partial charge is 0.241 e. The van der Waals surface area contributed by atoms with Crippen molar-refractivity contribution in [3.05, 3.63) is 28.8 Å². The van der Waals surface area contributed by atoms with Gasteiger partial charge in [0.2, 0.25) is 15.9 Å². The fraction of sp³-hybridized carbons (Fsp3) is 0.533. The Hall–Kier alpha value is -1.27. The largest absolute Gasteiger partial charge is 0.350 e. The van der Waals surface area contributed by atoms with Crippen molar-refractivity contribution >= 4 is 33.2 Å². The van der Waals surface area contributed by atoms with Crippen molar-refractivity contribution in [1.82, 2.24) is 5.32 Å². The summed E-state index contributed by atoms with van der Waals surface area (Å²) in [5.41, 5.74) is 0.653. The van der Waals surface area contributed by atoms with Crippen LogP contribution in [0.5, 0.6) is 0 Å². The van der Waals surface area contributed by atoms with Crippen molar-refractivity contribution < 1.29 is 13.2 Å². The van der Waals surface area contributed by atoms with Crippen LogP contribution in [0.15, 0.2) is 18.2 Å². The quantitative estimate of drug-likeness (QED) is 0.861. The minimum atomic E-state index is -3.60. The number of nitrogens with one attached hydrogen (secondary N) is 1. The molecule has 0 aromatic heterocycles. The number of hydrogen-bond donors (Lipinski definition) is 1. The molecule has 124 valence electrons. The Kier molecular flexibility index (Phi) is 5.87. The average molecular weight is 347 g/mol. The monoisotopic (exact) mass is 346 g/mol. The van der Waals surface area contributed by atoms with Gasteiger partial charge in [0.05, 0.1) is 11.9 Å². The Labute approximate surface area is 137 Å². The third-order valence-electron chi connectivity index (χ3n) is 3.56. The lowest BCUT2D eigenvalue weighted by molar-refractivity contribution is -0.121. The normalized spacial score (nSPS) is 12.1. The molecule has 0 heterocycles. The van der Waals surface area contributed by atoms with Gasteiger partial charge >= 0.3 is 0 Å². The first-order valence-corrected chi connectivity index (χ1v) is 9.24. The molecule has 0 spiro atoms. The Balaban J connectivity index is 3.12. The summed E-state index contributed by atoms with van der Waals surface area (Å²) >= 11 is 6.05. The molecule has 0 aliphatic heterocycles. The third-order valence-corrected chi connectivity index (χ3v) is 5.09. The molecule has 0 bridgehead atoms. The van der Waals surface area contributed by atoms with Crippen LogP contribution in [0, 0.1) is 6.92 Å². The second-order valence-corrected chi connectivity index (χ2v) is 8.25. The van der Waals surface area contributed by atoms with E-state index in [0.717, 1.165) is 17.0 Å². The number of carbonyl (C=O) groups is 1. The topological polar surface area (TPSA) is 66.5 Å². The van der Waals surface area contributed by atoms with E-state index in [0.29, 0.717) is 16.3 Å². The molecule has 22 heavy (non-hydrogen) atoms. The lowest BCUT2D eigenvalue weighted by atomic mass is 10.0. The molecule has 0 saturated carbocycles. The van der Waals surface area contributed by atoms with Crippen molar-refractivity contribution in [2.45, 2.75) is 39.7 Å². The van der Waals surface area contributed by atoms with Crippen LogP contribution in [-0.4, -0.2) is 32.7 Å². The second kappa shape index (κ2) is 6.87. The zero-order valence-electron chi connectivity index (χ0n) is 13.6. The second-order valence-electron chi connectivity index (χ2n) is 5.94. The Bertz CT molecular complexity index is 657. The number of amides is 1. The van der Waals surface area contributed by atoms with Gasteiger partial charge in [-0.15, -0.1) is 0 Å². The molecule has 1 amide bonds. The minimum Gasteiger partial charge on any atom is -0.350 e. The average Bonchev–Trinajstić information content (AvgIpc) is 2.38. The number of anilines is 1. The number of halogens is 1. The van der Waals surface area contributed by atoms with E-state index in [1.54, 1.807) is 25.1 Å². The SMILES string of the molecule is CCC(C)(C)NC(=O)CN(c1cccc(Cl)c1C)S(C)(=O)=O. The van der Waals surface area contributed by atoms with Crippen LogP contribution in [0.3, 0.4) is 0 Å². The Morgan fingerprint density at radius 1 is 1.36 bits per heavy atom. The van der Waals surface area contributed by atoms with Gasteiger partial charge in [-0.1, -0.05) is 24.6 Å². The molecule has 0 radical (unpaired) electrons. The van der Waals surface area contributed by atoms with Gasteiger partial charge in [0.1, 0.15) is 6.54 Å². The van der Waals surface area contributed by atoms with Crippen LogP contribution in [0.4, 0.5) is 5.69 Å². The van der Waals surface area contributed by atoms with Crippen molar-refractivity contribution in [3.8, 4) is 0 Å². The molecule has 5 nitrogen and oxygen atoms in total. The first kappa shape index (κ1) is 18.8. The molecule has 1 aromatic rings. The number of sulfonamides is 1. The van der Waals surface area contributed by atoms with Gasteiger partial charge in [0, 0.05) is 10.6 Å². The lowest BCUT2D eigenvalue weighted by Crippen LogP contribution is -2.48. The summed E-state index contributed by atoms with van der Waals surface area (Å²) in [6.45, 7) is 7.18. The zero-order chi connectivity index (χ0) is 17.1. The van der Waals surface area contributed by atoms with Gasteiger partial charge < -0.3 is 5.32 Å². The fourth-order valence-electron chi connectivity index (χ4n) is 1.88. The van der Waals surface area contributed by atoms with Crippen molar-refractivity contribution in [1.29, 1.82) is 0 Å². The third kappa shape index (κ3) is 4.88. The summed E-state index contributed by atoms with van der Waals surface area (Å²) in [7, 11) is -3.60. The summed E-state index contributed by atoms with van der Waals surface area (Å²) in [6, 6.07) is 4.98. The van der Waals surface area contributed by atoms with E-state index in [1.165, 1.54) is 0 Å². The van der Waals surface area contributed by atoms with Gasteiger partial charge in [-0.25, -0.2) is 8.42 Å². The van der Waals surface area contributed by atoms with E-state index in [2.05, 4.69) is 5.32 Å². The highest BCUT2D eigenvalue weighted by molar-refractivity contribution is 7.92. The number of rotatable bonds is 6. The van der Waals surface area contributed by atoms with E-state index in [1.807, 2.05) is 20.8 Å². The molecule has 7 heteroatoms. The van der Waals surface area contributed by atoms with Crippen LogP contribution in [0.2, 0.25) is 5.02 Å². The van der Waals surface area contributed by atoms with Gasteiger partial charge in [0.25, 0.3) is 0 Å². The highest BCUT2D eigenvalue weighted by Gasteiger charge is 2.25. The van der Waals surface area contributed by atoms with E-state index in [9.17, 15) is 13.2 Å². The molecule has 0 fully saturated rings.